The van der Waals surface area contributed by atoms with Crippen LogP contribution >= 0.6 is 0 Å². The molecule has 0 aliphatic heterocycles. The molecule has 1 N–H and O–H groups in total. The first kappa shape index (κ1) is 24.9. The van der Waals surface area contributed by atoms with Gasteiger partial charge in [0.25, 0.3) is 5.56 Å². The standard InChI is InChI=1S/C27H36N6O2/c1-7-10-23(25-29-30-31-33(25)27(5,6)8-2)32(17-22-11-9-12-35-22)16-21-15-20-14-18(3)13-19(4)24(20)28-26(21)34/h9,11-15,23H,7-8,10,16-17H2,1-6H3,(H,28,34)/t23-/m0/s1. The summed E-state index contributed by atoms with van der Waals surface area (Å²) in [5.74, 6) is 1.65. The monoisotopic (exact) mass is 476 g/mol. The van der Waals surface area contributed by atoms with E-state index in [2.05, 4.69) is 72.2 Å². The van der Waals surface area contributed by atoms with E-state index in [0.29, 0.717) is 18.7 Å². The van der Waals surface area contributed by atoms with Gasteiger partial charge in [-0.1, -0.05) is 31.9 Å². The van der Waals surface area contributed by atoms with Gasteiger partial charge in [0, 0.05) is 12.1 Å². The van der Waals surface area contributed by atoms with Crippen LogP contribution < -0.4 is 5.56 Å². The Morgan fingerprint density at radius 3 is 2.66 bits per heavy atom. The molecule has 4 aromatic rings. The Labute approximate surface area is 206 Å². The minimum Gasteiger partial charge on any atom is -0.468 e. The number of pyridine rings is 1. The van der Waals surface area contributed by atoms with Gasteiger partial charge in [0.1, 0.15) is 5.76 Å². The molecule has 1 aromatic carbocycles. The predicted octanol–water partition coefficient (Wildman–Crippen LogP) is 5.41. The van der Waals surface area contributed by atoms with E-state index in [0.717, 1.165) is 47.3 Å². The van der Waals surface area contributed by atoms with Crippen molar-refractivity contribution in [2.45, 2.75) is 85.5 Å². The number of nitrogens with zero attached hydrogens (tertiary/aromatic N) is 5. The molecular weight excluding hydrogens is 440 g/mol. The minimum atomic E-state index is -0.226. The van der Waals surface area contributed by atoms with Crippen molar-refractivity contribution in [1.82, 2.24) is 30.1 Å². The van der Waals surface area contributed by atoms with Crippen LogP contribution in [0.4, 0.5) is 0 Å². The number of rotatable bonds is 10. The third kappa shape index (κ3) is 5.22. The number of aromatic nitrogens is 5. The Kier molecular flexibility index (Phi) is 7.21. The van der Waals surface area contributed by atoms with Gasteiger partial charge in [0.05, 0.1) is 29.9 Å². The first-order valence-electron chi connectivity index (χ1n) is 12.4. The third-order valence-corrected chi connectivity index (χ3v) is 6.92. The van der Waals surface area contributed by atoms with Gasteiger partial charge >= 0.3 is 0 Å². The number of fused-ring (bicyclic) bond motifs is 1. The van der Waals surface area contributed by atoms with Crippen molar-refractivity contribution in [2.75, 3.05) is 0 Å². The normalized spacial score (nSPS) is 13.1. The molecule has 0 radical (unpaired) electrons. The average molecular weight is 477 g/mol. The molecule has 0 aliphatic rings. The fourth-order valence-electron chi connectivity index (χ4n) is 4.68. The summed E-state index contributed by atoms with van der Waals surface area (Å²) >= 11 is 0. The highest BCUT2D eigenvalue weighted by atomic mass is 16.3. The third-order valence-electron chi connectivity index (χ3n) is 6.92. The van der Waals surface area contributed by atoms with E-state index in [1.54, 1.807) is 6.26 Å². The van der Waals surface area contributed by atoms with Crippen LogP contribution in [0.2, 0.25) is 0 Å². The highest BCUT2D eigenvalue weighted by Gasteiger charge is 2.32. The van der Waals surface area contributed by atoms with Gasteiger partial charge in [0.15, 0.2) is 5.82 Å². The van der Waals surface area contributed by atoms with Gasteiger partial charge in [-0.25, -0.2) is 4.68 Å². The van der Waals surface area contributed by atoms with E-state index in [1.807, 2.05) is 29.8 Å². The summed E-state index contributed by atoms with van der Waals surface area (Å²) in [6, 6.07) is 10.00. The van der Waals surface area contributed by atoms with E-state index < -0.39 is 0 Å². The number of H-pyrrole nitrogens is 1. The van der Waals surface area contributed by atoms with Crippen LogP contribution in [0.3, 0.4) is 0 Å². The number of aromatic amines is 1. The largest absolute Gasteiger partial charge is 0.468 e. The highest BCUT2D eigenvalue weighted by Crippen LogP contribution is 2.31. The number of nitrogens with one attached hydrogen (secondary N) is 1. The molecule has 3 heterocycles. The summed E-state index contributed by atoms with van der Waals surface area (Å²) in [6.07, 6.45) is 4.38. The maximum absolute atomic E-state index is 13.2. The zero-order chi connectivity index (χ0) is 25.2. The number of aryl methyl sites for hydroxylation is 2. The van der Waals surface area contributed by atoms with Crippen LogP contribution in [-0.2, 0) is 18.6 Å². The summed E-state index contributed by atoms with van der Waals surface area (Å²) in [5, 5.41) is 13.9. The molecule has 4 rings (SSSR count). The maximum atomic E-state index is 13.2. The van der Waals surface area contributed by atoms with Crippen molar-refractivity contribution in [3.8, 4) is 0 Å². The second-order valence-corrected chi connectivity index (χ2v) is 10.1. The van der Waals surface area contributed by atoms with Gasteiger partial charge in [-0.2, -0.15) is 0 Å². The zero-order valence-electron chi connectivity index (χ0n) is 21.6. The molecule has 0 spiro atoms. The Morgan fingerprint density at radius 1 is 1.17 bits per heavy atom. The SMILES string of the molecule is CCC[C@@H](c1nnnn1C(C)(C)CC)N(Cc1ccco1)Cc1cc2cc(C)cc(C)c2[nH]c1=O. The Morgan fingerprint density at radius 2 is 1.97 bits per heavy atom. The van der Waals surface area contributed by atoms with Crippen molar-refractivity contribution in [3.05, 3.63) is 75.2 Å². The van der Waals surface area contributed by atoms with Gasteiger partial charge in [-0.3, -0.25) is 9.69 Å². The van der Waals surface area contributed by atoms with Gasteiger partial charge in [-0.15, -0.1) is 5.10 Å². The highest BCUT2D eigenvalue weighted by molar-refractivity contribution is 5.82. The zero-order valence-corrected chi connectivity index (χ0v) is 21.6. The fraction of sp³-hybridized carbons (Fsp3) is 0.481. The molecule has 0 unspecified atom stereocenters. The molecular formula is C27H36N6O2. The Hall–Kier alpha value is -3.26. The molecule has 186 valence electrons. The molecule has 0 saturated carbocycles. The predicted molar refractivity (Wildman–Crippen MR) is 137 cm³/mol. The second kappa shape index (κ2) is 10.2. The lowest BCUT2D eigenvalue weighted by molar-refractivity contribution is 0.135. The second-order valence-electron chi connectivity index (χ2n) is 10.1. The summed E-state index contributed by atoms with van der Waals surface area (Å²) < 4.78 is 7.66. The lowest BCUT2D eigenvalue weighted by Gasteiger charge is -2.33. The minimum absolute atomic E-state index is 0.0716. The Bertz CT molecular complexity index is 1340. The van der Waals surface area contributed by atoms with Crippen LogP contribution in [-0.4, -0.2) is 30.1 Å². The molecule has 0 fully saturated rings. The number of tetrazole rings is 1. The molecule has 0 bridgehead atoms. The van der Waals surface area contributed by atoms with Crippen molar-refractivity contribution in [1.29, 1.82) is 0 Å². The lowest BCUT2D eigenvalue weighted by Crippen LogP contribution is -2.36. The molecule has 35 heavy (non-hydrogen) atoms. The van der Waals surface area contributed by atoms with Gasteiger partial charge in [0.2, 0.25) is 0 Å². The first-order chi connectivity index (χ1) is 16.7. The van der Waals surface area contributed by atoms with Crippen molar-refractivity contribution in [2.24, 2.45) is 0 Å². The van der Waals surface area contributed by atoms with Crippen molar-refractivity contribution in [3.63, 3.8) is 0 Å². The lowest BCUT2D eigenvalue weighted by atomic mass is 10.0. The molecule has 0 aliphatic carbocycles. The number of benzene rings is 1. The molecule has 0 saturated heterocycles. The smallest absolute Gasteiger partial charge is 0.252 e. The van der Waals surface area contributed by atoms with Crippen LogP contribution in [0.15, 0.2) is 45.8 Å². The van der Waals surface area contributed by atoms with Gasteiger partial charge in [-0.05, 0) is 86.2 Å². The van der Waals surface area contributed by atoms with E-state index in [-0.39, 0.29) is 17.1 Å². The summed E-state index contributed by atoms with van der Waals surface area (Å²) in [6.45, 7) is 13.7. The topological polar surface area (TPSA) is 92.8 Å². The summed E-state index contributed by atoms with van der Waals surface area (Å²) in [7, 11) is 0. The molecule has 8 heteroatoms. The van der Waals surface area contributed by atoms with E-state index in [9.17, 15) is 4.79 Å². The molecule has 1 atom stereocenters. The average Bonchev–Trinajstić information content (AvgIpc) is 3.51. The number of furan rings is 1. The quantitative estimate of drug-likeness (QED) is 0.329. The summed E-state index contributed by atoms with van der Waals surface area (Å²) in [4.78, 5) is 18.6. The summed E-state index contributed by atoms with van der Waals surface area (Å²) in [5.41, 5.74) is 3.55. The van der Waals surface area contributed by atoms with E-state index >= 15 is 0 Å². The molecule has 0 amide bonds. The van der Waals surface area contributed by atoms with Crippen molar-refractivity contribution < 1.29 is 4.42 Å². The van der Waals surface area contributed by atoms with E-state index in [1.165, 1.54) is 5.56 Å². The molecule has 8 nitrogen and oxygen atoms in total. The van der Waals surface area contributed by atoms with Crippen LogP contribution in [0.1, 0.15) is 81.3 Å². The van der Waals surface area contributed by atoms with Crippen LogP contribution in [0.5, 0.6) is 0 Å². The molecule has 3 aromatic heterocycles. The van der Waals surface area contributed by atoms with Gasteiger partial charge < -0.3 is 9.40 Å². The van der Waals surface area contributed by atoms with Crippen molar-refractivity contribution >= 4 is 10.9 Å². The number of hydrogen-bond acceptors (Lipinski definition) is 6. The Balaban J connectivity index is 1.79. The number of hydrogen-bond donors (Lipinski definition) is 1. The van der Waals surface area contributed by atoms with Crippen LogP contribution in [0, 0.1) is 13.8 Å². The van der Waals surface area contributed by atoms with E-state index in [4.69, 9.17) is 4.42 Å². The fourth-order valence-corrected chi connectivity index (χ4v) is 4.68. The maximum Gasteiger partial charge on any atom is 0.252 e. The van der Waals surface area contributed by atoms with Crippen LogP contribution in [0.25, 0.3) is 10.9 Å². The first-order valence-corrected chi connectivity index (χ1v) is 12.4.